The van der Waals surface area contributed by atoms with Crippen LogP contribution >= 0.6 is 0 Å². The molecule has 0 aliphatic rings. The molecule has 0 spiro atoms. The van der Waals surface area contributed by atoms with E-state index < -0.39 is 0 Å². The third kappa shape index (κ3) is 8.52. The number of nitrogens with one attached hydrogen (secondary N) is 2. The summed E-state index contributed by atoms with van der Waals surface area (Å²) in [5, 5.41) is 6.73. The maximum absolute atomic E-state index is 3.53. The van der Waals surface area contributed by atoms with Gasteiger partial charge in [0.05, 0.1) is 0 Å². The van der Waals surface area contributed by atoms with Crippen molar-refractivity contribution in [2.24, 2.45) is 5.41 Å². The standard InChI is InChI=1S/C12H28N2/c1-5-6-10-14-11-12(2,3)8-7-9-13-4/h13-14H,5-11H2,1-4H3. The fraction of sp³-hybridized carbons (Fsp3) is 1.00. The minimum atomic E-state index is 0.449. The summed E-state index contributed by atoms with van der Waals surface area (Å²) >= 11 is 0. The topological polar surface area (TPSA) is 24.1 Å². The maximum atomic E-state index is 3.53. The van der Waals surface area contributed by atoms with Crippen LogP contribution in [0.15, 0.2) is 0 Å². The van der Waals surface area contributed by atoms with Gasteiger partial charge in [0, 0.05) is 6.54 Å². The molecule has 2 nitrogen and oxygen atoms in total. The molecule has 0 aromatic rings. The summed E-state index contributed by atoms with van der Waals surface area (Å²) in [6.07, 6.45) is 5.16. The molecule has 0 aromatic heterocycles. The Hall–Kier alpha value is -0.0800. The lowest BCUT2D eigenvalue weighted by molar-refractivity contribution is 0.305. The molecule has 86 valence electrons. The van der Waals surface area contributed by atoms with Crippen molar-refractivity contribution in [2.75, 3.05) is 26.7 Å². The van der Waals surface area contributed by atoms with Crippen LogP contribution in [0.4, 0.5) is 0 Å². The maximum Gasteiger partial charge on any atom is 0.000252 e. The molecule has 0 unspecified atom stereocenters. The summed E-state index contributed by atoms with van der Waals surface area (Å²) in [5.74, 6) is 0. The van der Waals surface area contributed by atoms with E-state index in [4.69, 9.17) is 0 Å². The van der Waals surface area contributed by atoms with E-state index in [2.05, 4.69) is 31.4 Å². The van der Waals surface area contributed by atoms with E-state index in [-0.39, 0.29) is 0 Å². The molecule has 0 bridgehead atoms. The average molecular weight is 200 g/mol. The number of rotatable bonds is 9. The summed E-state index contributed by atoms with van der Waals surface area (Å²) in [7, 11) is 2.02. The quantitative estimate of drug-likeness (QED) is 0.559. The van der Waals surface area contributed by atoms with Crippen molar-refractivity contribution >= 4 is 0 Å². The molecular weight excluding hydrogens is 172 g/mol. The monoisotopic (exact) mass is 200 g/mol. The molecule has 0 fully saturated rings. The lowest BCUT2D eigenvalue weighted by atomic mass is 9.87. The Kier molecular flexibility index (Phi) is 8.20. The van der Waals surface area contributed by atoms with Gasteiger partial charge in [-0.15, -0.1) is 0 Å². The number of hydrogen-bond donors (Lipinski definition) is 2. The minimum Gasteiger partial charge on any atom is -0.320 e. The Labute approximate surface area is 89.9 Å². The van der Waals surface area contributed by atoms with Gasteiger partial charge in [0.25, 0.3) is 0 Å². The van der Waals surface area contributed by atoms with Crippen molar-refractivity contribution in [1.29, 1.82) is 0 Å². The molecule has 0 saturated carbocycles. The summed E-state index contributed by atoms with van der Waals surface area (Å²) < 4.78 is 0. The first-order chi connectivity index (χ1) is 6.62. The highest BCUT2D eigenvalue weighted by Crippen LogP contribution is 2.20. The van der Waals surface area contributed by atoms with Crippen LogP contribution in [0.1, 0.15) is 46.5 Å². The van der Waals surface area contributed by atoms with E-state index in [0.29, 0.717) is 5.41 Å². The molecule has 0 atom stereocenters. The van der Waals surface area contributed by atoms with E-state index >= 15 is 0 Å². The highest BCUT2D eigenvalue weighted by molar-refractivity contribution is 4.71. The van der Waals surface area contributed by atoms with E-state index in [0.717, 1.165) is 13.1 Å². The second-order valence-electron chi connectivity index (χ2n) is 4.90. The first kappa shape index (κ1) is 13.9. The number of unbranched alkanes of at least 4 members (excludes halogenated alkanes) is 1. The number of hydrogen-bond acceptors (Lipinski definition) is 2. The van der Waals surface area contributed by atoms with E-state index in [9.17, 15) is 0 Å². The van der Waals surface area contributed by atoms with Gasteiger partial charge in [-0.3, -0.25) is 0 Å². The molecule has 0 saturated heterocycles. The first-order valence-corrected chi connectivity index (χ1v) is 5.97. The molecule has 0 aliphatic heterocycles. The Bertz CT molecular complexity index is 121. The van der Waals surface area contributed by atoms with Crippen molar-refractivity contribution in [3.63, 3.8) is 0 Å². The van der Waals surface area contributed by atoms with Gasteiger partial charge in [0.1, 0.15) is 0 Å². The molecule has 0 amide bonds. The Morgan fingerprint density at radius 3 is 2.36 bits per heavy atom. The summed E-state index contributed by atoms with van der Waals surface area (Å²) in [6, 6.07) is 0. The molecule has 0 aromatic carbocycles. The Morgan fingerprint density at radius 1 is 1.07 bits per heavy atom. The van der Waals surface area contributed by atoms with Gasteiger partial charge in [-0.05, 0) is 44.8 Å². The van der Waals surface area contributed by atoms with Crippen molar-refractivity contribution in [1.82, 2.24) is 10.6 Å². The lowest BCUT2D eigenvalue weighted by Crippen LogP contribution is -2.30. The molecular formula is C12H28N2. The van der Waals surface area contributed by atoms with Crippen LogP contribution in [0.3, 0.4) is 0 Å². The highest BCUT2D eigenvalue weighted by Gasteiger charge is 2.15. The van der Waals surface area contributed by atoms with Crippen LogP contribution in [0, 0.1) is 5.41 Å². The normalized spacial score (nSPS) is 12.0. The van der Waals surface area contributed by atoms with Gasteiger partial charge in [-0.2, -0.15) is 0 Å². The van der Waals surface area contributed by atoms with Crippen LogP contribution in [-0.2, 0) is 0 Å². The average Bonchev–Trinajstić information content (AvgIpc) is 2.13. The predicted molar refractivity (Wildman–Crippen MR) is 64.7 cm³/mol. The molecule has 2 N–H and O–H groups in total. The van der Waals surface area contributed by atoms with Gasteiger partial charge in [-0.25, -0.2) is 0 Å². The van der Waals surface area contributed by atoms with Crippen molar-refractivity contribution in [3.8, 4) is 0 Å². The summed E-state index contributed by atoms with van der Waals surface area (Å²) in [6.45, 7) is 10.4. The zero-order chi connectivity index (χ0) is 10.9. The second kappa shape index (κ2) is 8.25. The van der Waals surface area contributed by atoms with Crippen molar-refractivity contribution in [2.45, 2.75) is 46.5 Å². The molecule has 0 heterocycles. The third-order valence-corrected chi connectivity index (χ3v) is 2.59. The first-order valence-electron chi connectivity index (χ1n) is 5.97. The predicted octanol–water partition coefficient (Wildman–Crippen LogP) is 2.40. The van der Waals surface area contributed by atoms with Crippen LogP contribution < -0.4 is 10.6 Å². The summed E-state index contributed by atoms with van der Waals surface area (Å²) in [4.78, 5) is 0. The summed E-state index contributed by atoms with van der Waals surface area (Å²) in [5.41, 5.74) is 0.449. The molecule has 0 rings (SSSR count). The minimum absolute atomic E-state index is 0.449. The third-order valence-electron chi connectivity index (χ3n) is 2.59. The van der Waals surface area contributed by atoms with Gasteiger partial charge in [0.15, 0.2) is 0 Å². The van der Waals surface area contributed by atoms with E-state index in [1.54, 1.807) is 0 Å². The van der Waals surface area contributed by atoms with Gasteiger partial charge < -0.3 is 10.6 Å². The zero-order valence-corrected chi connectivity index (χ0v) is 10.4. The largest absolute Gasteiger partial charge is 0.320 e. The van der Waals surface area contributed by atoms with Crippen molar-refractivity contribution in [3.05, 3.63) is 0 Å². The van der Waals surface area contributed by atoms with Crippen LogP contribution in [0.25, 0.3) is 0 Å². The zero-order valence-electron chi connectivity index (χ0n) is 10.4. The Morgan fingerprint density at radius 2 is 1.79 bits per heavy atom. The molecule has 14 heavy (non-hydrogen) atoms. The molecule has 0 radical (unpaired) electrons. The van der Waals surface area contributed by atoms with Crippen LogP contribution in [0.5, 0.6) is 0 Å². The Balaban J connectivity index is 3.40. The fourth-order valence-corrected chi connectivity index (χ4v) is 1.56. The van der Waals surface area contributed by atoms with Crippen LogP contribution in [-0.4, -0.2) is 26.7 Å². The SMILES string of the molecule is CCCCNCC(C)(C)CCCNC. The fourth-order valence-electron chi connectivity index (χ4n) is 1.56. The van der Waals surface area contributed by atoms with E-state index in [1.807, 2.05) is 7.05 Å². The smallest absolute Gasteiger partial charge is 0.000252 e. The molecule has 2 heteroatoms. The lowest BCUT2D eigenvalue weighted by Gasteiger charge is -2.25. The second-order valence-corrected chi connectivity index (χ2v) is 4.90. The van der Waals surface area contributed by atoms with Gasteiger partial charge >= 0.3 is 0 Å². The van der Waals surface area contributed by atoms with Crippen LogP contribution in [0.2, 0.25) is 0 Å². The van der Waals surface area contributed by atoms with Gasteiger partial charge in [0.2, 0.25) is 0 Å². The van der Waals surface area contributed by atoms with E-state index in [1.165, 1.54) is 32.2 Å². The highest BCUT2D eigenvalue weighted by atomic mass is 14.9. The molecule has 0 aliphatic carbocycles. The van der Waals surface area contributed by atoms with Gasteiger partial charge in [-0.1, -0.05) is 27.2 Å². The van der Waals surface area contributed by atoms with Crippen molar-refractivity contribution < 1.29 is 0 Å².